The molecule has 37 heavy (non-hydrogen) atoms. The van der Waals surface area contributed by atoms with Crippen molar-refractivity contribution in [1.29, 1.82) is 0 Å². The first kappa shape index (κ1) is 26.8. The van der Waals surface area contributed by atoms with Crippen LogP contribution in [0.5, 0.6) is 0 Å². The minimum absolute atomic E-state index is 0.334. The van der Waals surface area contributed by atoms with Gasteiger partial charge in [0, 0.05) is 32.9 Å². The van der Waals surface area contributed by atoms with Crippen molar-refractivity contribution in [3.63, 3.8) is 0 Å². The Morgan fingerprint density at radius 1 is 0.757 bits per heavy atom. The molecule has 0 amide bonds. The Morgan fingerprint density at radius 3 is 2.05 bits per heavy atom. The highest BCUT2D eigenvalue weighted by Gasteiger charge is 2.51. The van der Waals surface area contributed by atoms with Gasteiger partial charge in [0.25, 0.3) is 0 Å². The van der Waals surface area contributed by atoms with Gasteiger partial charge in [0.2, 0.25) is 0 Å². The molecule has 0 N–H and O–H groups in total. The number of rotatable bonds is 12. The van der Waals surface area contributed by atoms with E-state index in [4.69, 9.17) is 9.31 Å². The largest absolute Gasteiger partial charge is 0.494 e. The molecule has 2 aromatic carbocycles. The molecule has 4 aromatic rings. The topological polar surface area (TPSA) is 23.4 Å². The van der Waals surface area contributed by atoms with Crippen molar-refractivity contribution in [3.8, 4) is 0 Å². The van der Waals surface area contributed by atoms with Crippen LogP contribution in [0.1, 0.15) is 98.8 Å². The van der Waals surface area contributed by atoms with Crippen molar-refractivity contribution in [2.45, 2.75) is 117 Å². The molecule has 0 atom stereocenters. The Labute approximate surface area is 227 Å². The third kappa shape index (κ3) is 5.37. The molecule has 0 aliphatic carbocycles. The maximum atomic E-state index is 6.40. The third-order valence-corrected chi connectivity index (χ3v) is 9.86. The summed E-state index contributed by atoms with van der Waals surface area (Å²) in [7, 11) is -0.334. The predicted molar refractivity (Wildman–Crippen MR) is 162 cm³/mol. The lowest BCUT2D eigenvalue weighted by atomic mass is 9.78. The molecule has 0 spiro atoms. The number of fused-ring (bicyclic) bond motifs is 5. The minimum Gasteiger partial charge on any atom is -0.399 e. The van der Waals surface area contributed by atoms with Crippen molar-refractivity contribution >= 4 is 55.1 Å². The van der Waals surface area contributed by atoms with E-state index in [2.05, 4.69) is 81.7 Å². The zero-order valence-electron chi connectivity index (χ0n) is 23.6. The second-order valence-corrected chi connectivity index (χ2v) is 13.0. The highest BCUT2D eigenvalue weighted by molar-refractivity contribution is 7.25. The highest BCUT2D eigenvalue weighted by atomic mass is 32.1. The molecule has 1 saturated heterocycles. The van der Waals surface area contributed by atoms with Crippen LogP contribution < -0.4 is 5.46 Å². The molecule has 198 valence electrons. The number of aryl methyl sites for hydroxylation is 1. The average Bonchev–Trinajstić information content (AvgIpc) is 3.46. The van der Waals surface area contributed by atoms with Crippen LogP contribution in [0, 0.1) is 0 Å². The summed E-state index contributed by atoms with van der Waals surface area (Å²) >= 11 is 1.93. The van der Waals surface area contributed by atoms with Gasteiger partial charge in [0.05, 0.1) is 11.2 Å². The van der Waals surface area contributed by atoms with Gasteiger partial charge in [-0.2, -0.15) is 0 Å². The molecular formula is C32H44BNO2S. The van der Waals surface area contributed by atoms with Gasteiger partial charge in [-0.25, -0.2) is 0 Å². The van der Waals surface area contributed by atoms with E-state index in [1.807, 2.05) is 11.3 Å². The number of aromatic nitrogens is 1. The van der Waals surface area contributed by atoms with Crippen LogP contribution in [0.3, 0.4) is 0 Å². The van der Waals surface area contributed by atoms with Gasteiger partial charge in [-0.15, -0.1) is 11.3 Å². The van der Waals surface area contributed by atoms with Crippen molar-refractivity contribution in [3.05, 3.63) is 42.5 Å². The van der Waals surface area contributed by atoms with Crippen molar-refractivity contribution < 1.29 is 9.31 Å². The van der Waals surface area contributed by atoms with E-state index in [0.717, 1.165) is 12.0 Å². The molecule has 5 rings (SSSR count). The average molecular weight is 518 g/mol. The van der Waals surface area contributed by atoms with E-state index in [-0.39, 0.29) is 18.3 Å². The highest BCUT2D eigenvalue weighted by Crippen LogP contribution is 2.41. The van der Waals surface area contributed by atoms with E-state index in [1.54, 1.807) is 0 Å². The van der Waals surface area contributed by atoms with Crippen LogP contribution in [0.25, 0.3) is 31.2 Å². The number of thiophene rings is 1. The monoisotopic (exact) mass is 517 g/mol. The molecule has 0 bridgehead atoms. The Hall–Kier alpha value is -1.82. The molecule has 0 saturated carbocycles. The van der Waals surface area contributed by atoms with E-state index < -0.39 is 0 Å². The van der Waals surface area contributed by atoms with Crippen molar-refractivity contribution in [2.75, 3.05) is 0 Å². The molecule has 5 heteroatoms. The summed E-state index contributed by atoms with van der Waals surface area (Å²) < 4.78 is 16.7. The van der Waals surface area contributed by atoms with Crippen LogP contribution in [0.4, 0.5) is 0 Å². The molecule has 3 nitrogen and oxygen atoms in total. The molecular weight excluding hydrogens is 473 g/mol. The first-order valence-corrected chi connectivity index (χ1v) is 15.4. The summed E-state index contributed by atoms with van der Waals surface area (Å²) in [5.41, 5.74) is 1.78. The van der Waals surface area contributed by atoms with Crippen LogP contribution in [-0.2, 0) is 15.9 Å². The van der Waals surface area contributed by atoms with Gasteiger partial charge >= 0.3 is 7.12 Å². The Kier molecular flexibility index (Phi) is 8.05. The number of hydrogen-bond acceptors (Lipinski definition) is 3. The van der Waals surface area contributed by atoms with Crippen LogP contribution in [0.2, 0.25) is 0 Å². The second kappa shape index (κ2) is 11.1. The molecule has 1 aliphatic heterocycles. The van der Waals surface area contributed by atoms with Gasteiger partial charge in [0.1, 0.15) is 4.83 Å². The minimum atomic E-state index is -0.335. The first-order valence-electron chi connectivity index (χ1n) is 14.6. The maximum absolute atomic E-state index is 6.40. The van der Waals surface area contributed by atoms with Crippen molar-refractivity contribution in [2.24, 2.45) is 0 Å². The summed E-state index contributed by atoms with van der Waals surface area (Å²) in [6.45, 7) is 11.9. The lowest BCUT2D eigenvalue weighted by Gasteiger charge is -2.32. The Balaban J connectivity index is 1.35. The number of nitrogens with zero attached hydrogens (tertiary/aromatic N) is 1. The van der Waals surface area contributed by atoms with E-state index >= 15 is 0 Å². The number of unbranched alkanes of at least 4 members (excludes halogenated alkanes) is 9. The number of hydrogen-bond donors (Lipinski definition) is 0. The lowest BCUT2D eigenvalue weighted by molar-refractivity contribution is 0.00578. The molecule has 2 aromatic heterocycles. The fourth-order valence-electron chi connectivity index (χ4n) is 5.69. The van der Waals surface area contributed by atoms with Gasteiger partial charge in [-0.3, -0.25) is 0 Å². The molecule has 3 heterocycles. The second-order valence-electron chi connectivity index (χ2n) is 12.0. The Bertz CT molecular complexity index is 1340. The predicted octanol–water partition coefficient (Wildman–Crippen LogP) is 9.23. The summed E-state index contributed by atoms with van der Waals surface area (Å²) in [5.74, 6) is 0. The number of benzene rings is 2. The smallest absolute Gasteiger partial charge is 0.399 e. The van der Waals surface area contributed by atoms with E-state index in [0.29, 0.717) is 0 Å². The zero-order chi connectivity index (χ0) is 26.0. The summed E-state index contributed by atoms with van der Waals surface area (Å²) in [4.78, 5) is 1.40. The molecule has 0 radical (unpaired) electrons. The van der Waals surface area contributed by atoms with Crippen LogP contribution in [0.15, 0.2) is 42.5 Å². The third-order valence-electron chi connectivity index (χ3n) is 8.66. The van der Waals surface area contributed by atoms with Crippen LogP contribution in [-0.4, -0.2) is 22.9 Å². The zero-order valence-corrected chi connectivity index (χ0v) is 24.4. The Morgan fingerprint density at radius 2 is 1.38 bits per heavy atom. The fraction of sp³-hybridized carbons (Fsp3) is 0.562. The molecule has 0 unspecified atom stereocenters. The van der Waals surface area contributed by atoms with Gasteiger partial charge in [0.15, 0.2) is 0 Å². The fourth-order valence-corrected chi connectivity index (χ4v) is 6.94. The SMILES string of the molecule is CCCCCCCCCCCCn1c2ccc(B3OC(C)(C)C(C)(C)O3)cc2c2c3ccccc3sc21. The maximum Gasteiger partial charge on any atom is 0.494 e. The van der Waals surface area contributed by atoms with Crippen LogP contribution >= 0.6 is 11.3 Å². The van der Waals surface area contributed by atoms with Crippen molar-refractivity contribution in [1.82, 2.24) is 4.57 Å². The van der Waals surface area contributed by atoms with Gasteiger partial charge in [-0.05, 0) is 51.7 Å². The summed E-state index contributed by atoms with van der Waals surface area (Å²) in [6, 6.07) is 15.7. The lowest BCUT2D eigenvalue weighted by Crippen LogP contribution is -2.41. The standard InChI is InChI=1S/C32H44BNO2S/c1-6-7-8-9-10-11-12-13-14-17-22-34-27-21-20-24(33-35-31(2,3)32(4,5)36-33)23-26(27)29-25-18-15-16-19-28(25)37-30(29)34/h15-16,18-21,23H,6-14,17,22H2,1-5H3. The van der Waals surface area contributed by atoms with E-state index in [1.165, 1.54) is 95.4 Å². The quantitative estimate of drug-likeness (QED) is 0.138. The van der Waals surface area contributed by atoms with Gasteiger partial charge in [-0.1, -0.05) is 95.0 Å². The molecule has 1 fully saturated rings. The van der Waals surface area contributed by atoms with E-state index in [9.17, 15) is 0 Å². The molecule has 1 aliphatic rings. The summed E-state index contributed by atoms with van der Waals surface area (Å²) in [6.07, 6.45) is 13.7. The first-order chi connectivity index (χ1) is 17.8. The normalized spacial score (nSPS) is 17.1. The summed E-state index contributed by atoms with van der Waals surface area (Å²) in [5, 5.41) is 4.08. The van der Waals surface area contributed by atoms with Gasteiger partial charge < -0.3 is 13.9 Å².